The third-order valence-corrected chi connectivity index (χ3v) is 6.61. The average molecular weight is 394 g/mol. The van der Waals surface area contributed by atoms with Crippen molar-refractivity contribution in [2.24, 2.45) is 5.92 Å². The second-order valence-electron chi connectivity index (χ2n) is 8.56. The monoisotopic (exact) mass is 393 g/mol. The molecule has 3 saturated heterocycles. The number of hydrogen-bond acceptors (Lipinski definition) is 4. The Hall–Kier alpha value is -1.63. The number of amides is 3. The molecule has 3 amide bonds. The van der Waals surface area contributed by atoms with Crippen molar-refractivity contribution in [1.29, 1.82) is 0 Å². The minimum Gasteiger partial charge on any atom is -0.381 e. The number of carbonyl (C=O) groups excluding carboxylic acids is 3. The fraction of sp³-hybridized carbons (Fsp3) is 0.857. The second-order valence-corrected chi connectivity index (χ2v) is 8.56. The van der Waals surface area contributed by atoms with Gasteiger partial charge in [0.2, 0.25) is 17.7 Å². The van der Waals surface area contributed by atoms with Crippen LogP contribution in [0.25, 0.3) is 0 Å². The maximum Gasteiger partial charge on any atom is 0.222 e. The van der Waals surface area contributed by atoms with Crippen LogP contribution in [0.5, 0.6) is 0 Å². The summed E-state index contributed by atoms with van der Waals surface area (Å²) in [6.07, 6.45) is 6.08. The average Bonchev–Trinajstić information content (AvgIpc) is 2.69. The maximum absolute atomic E-state index is 12.9. The summed E-state index contributed by atoms with van der Waals surface area (Å²) in [6, 6.07) is 0.361. The van der Waals surface area contributed by atoms with Crippen LogP contribution in [0.3, 0.4) is 0 Å². The molecule has 1 atom stereocenters. The molecule has 0 aromatic carbocycles. The highest BCUT2D eigenvalue weighted by Crippen LogP contribution is 2.26. The van der Waals surface area contributed by atoms with E-state index in [4.69, 9.17) is 4.74 Å². The number of piperidine rings is 2. The largest absolute Gasteiger partial charge is 0.381 e. The SMILES string of the molecule is CC(=O)N1CCC(CC(=O)N2CCCC(N(C(C)=O)C3CCOCC3)C2)CC1. The molecular weight excluding hydrogens is 358 g/mol. The summed E-state index contributed by atoms with van der Waals surface area (Å²) < 4.78 is 5.46. The number of rotatable bonds is 4. The Morgan fingerprint density at radius 3 is 2.18 bits per heavy atom. The Kier molecular flexibility index (Phi) is 7.32. The predicted molar refractivity (Wildman–Crippen MR) is 106 cm³/mol. The van der Waals surface area contributed by atoms with Gasteiger partial charge in [-0.05, 0) is 44.4 Å². The third-order valence-electron chi connectivity index (χ3n) is 6.61. The van der Waals surface area contributed by atoms with Gasteiger partial charge >= 0.3 is 0 Å². The summed E-state index contributed by atoms with van der Waals surface area (Å²) in [7, 11) is 0. The number of ether oxygens (including phenoxy) is 1. The Labute approximate surface area is 168 Å². The first-order valence-corrected chi connectivity index (χ1v) is 10.9. The van der Waals surface area contributed by atoms with E-state index in [-0.39, 0.29) is 29.8 Å². The minimum absolute atomic E-state index is 0.114. The number of nitrogens with zero attached hydrogens (tertiary/aromatic N) is 3. The summed E-state index contributed by atoms with van der Waals surface area (Å²) in [4.78, 5) is 42.6. The molecule has 7 heteroatoms. The first kappa shape index (κ1) is 21.1. The zero-order valence-corrected chi connectivity index (χ0v) is 17.4. The van der Waals surface area contributed by atoms with E-state index in [2.05, 4.69) is 0 Å². The Bertz CT molecular complexity index is 568. The van der Waals surface area contributed by atoms with Gasteiger partial charge in [-0.1, -0.05) is 0 Å². The van der Waals surface area contributed by atoms with Crippen molar-refractivity contribution >= 4 is 17.7 Å². The highest BCUT2D eigenvalue weighted by molar-refractivity contribution is 5.77. The van der Waals surface area contributed by atoms with Crippen LogP contribution in [0, 0.1) is 5.92 Å². The molecule has 3 heterocycles. The molecule has 158 valence electrons. The summed E-state index contributed by atoms with van der Waals surface area (Å²) in [5.74, 6) is 0.813. The molecule has 0 saturated carbocycles. The van der Waals surface area contributed by atoms with E-state index in [1.165, 1.54) is 0 Å². The standard InChI is InChI=1S/C21H35N3O4/c1-16(25)22-10-5-18(6-11-22)14-21(27)23-9-3-4-20(15-23)24(17(2)26)19-7-12-28-13-8-19/h18-20H,3-15H2,1-2H3. The van der Waals surface area contributed by atoms with E-state index in [1.54, 1.807) is 13.8 Å². The molecule has 0 N–H and O–H groups in total. The van der Waals surface area contributed by atoms with E-state index in [0.29, 0.717) is 32.1 Å². The molecule has 1 unspecified atom stereocenters. The molecule has 3 fully saturated rings. The molecule has 0 spiro atoms. The first-order valence-electron chi connectivity index (χ1n) is 10.9. The normalized spacial score (nSPS) is 24.9. The Morgan fingerprint density at radius 2 is 1.57 bits per heavy atom. The lowest BCUT2D eigenvalue weighted by atomic mass is 9.92. The van der Waals surface area contributed by atoms with Crippen molar-refractivity contribution in [2.45, 2.75) is 70.9 Å². The van der Waals surface area contributed by atoms with E-state index >= 15 is 0 Å². The van der Waals surface area contributed by atoms with Crippen molar-refractivity contribution < 1.29 is 19.1 Å². The van der Waals surface area contributed by atoms with Crippen LogP contribution in [0.4, 0.5) is 0 Å². The number of hydrogen-bond donors (Lipinski definition) is 0. The van der Waals surface area contributed by atoms with Crippen molar-refractivity contribution in [2.75, 3.05) is 39.4 Å². The third kappa shape index (κ3) is 5.25. The van der Waals surface area contributed by atoms with Gasteiger partial charge in [0.25, 0.3) is 0 Å². The number of carbonyl (C=O) groups is 3. The van der Waals surface area contributed by atoms with Gasteiger partial charge in [0.1, 0.15) is 0 Å². The van der Waals surface area contributed by atoms with Gasteiger partial charge in [0.15, 0.2) is 0 Å². The topological polar surface area (TPSA) is 70.2 Å². The first-order chi connectivity index (χ1) is 13.5. The molecule has 3 aliphatic rings. The Morgan fingerprint density at radius 1 is 0.893 bits per heavy atom. The second kappa shape index (κ2) is 9.72. The van der Waals surface area contributed by atoms with E-state index in [1.807, 2.05) is 14.7 Å². The molecule has 0 aliphatic carbocycles. The number of likely N-dealkylation sites (tertiary alicyclic amines) is 2. The maximum atomic E-state index is 12.9. The van der Waals surface area contributed by atoms with Gasteiger partial charge in [0.05, 0.1) is 0 Å². The van der Waals surface area contributed by atoms with Gasteiger partial charge in [0, 0.05) is 71.7 Å². The molecule has 0 radical (unpaired) electrons. The van der Waals surface area contributed by atoms with Crippen molar-refractivity contribution in [3.63, 3.8) is 0 Å². The van der Waals surface area contributed by atoms with Crippen LogP contribution < -0.4 is 0 Å². The van der Waals surface area contributed by atoms with E-state index < -0.39 is 0 Å². The summed E-state index contributed by atoms with van der Waals surface area (Å²) >= 11 is 0. The fourth-order valence-corrected chi connectivity index (χ4v) is 5.01. The zero-order valence-electron chi connectivity index (χ0n) is 17.4. The van der Waals surface area contributed by atoms with Gasteiger partial charge in [-0.3, -0.25) is 14.4 Å². The molecule has 7 nitrogen and oxygen atoms in total. The van der Waals surface area contributed by atoms with Gasteiger partial charge in [-0.25, -0.2) is 0 Å². The van der Waals surface area contributed by atoms with Crippen molar-refractivity contribution in [3.05, 3.63) is 0 Å². The summed E-state index contributed by atoms with van der Waals surface area (Å²) in [5, 5.41) is 0. The van der Waals surface area contributed by atoms with Crippen molar-refractivity contribution in [3.8, 4) is 0 Å². The van der Waals surface area contributed by atoms with Crippen LogP contribution in [0.1, 0.15) is 58.8 Å². The highest BCUT2D eigenvalue weighted by Gasteiger charge is 2.34. The molecular formula is C21H35N3O4. The molecule has 28 heavy (non-hydrogen) atoms. The molecule has 0 bridgehead atoms. The zero-order chi connectivity index (χ0) is 20.1. The van der Waals surface area contributed by atoms with Crippen LogP contribution >= 0.6 is 0 Å². The van der Waals surface area contributed by atoms with E-state index in [9.17, 15) is 14.4 Å². The van der Waals surface area contributed by atoms with Crippen LogP contribution in [-0.2, 0) is 19.1 Å². The molecule has 0 aromatic rings. The Balaban J connectivity index is 1.54. The lowest BCUT2D eigenvalue weighted by Gasteiger charge is -2.44. The van der Waals surface area contributed by atoms with Crippen molar-refractivity contribution in [1.82, 2.24) is 14.7 Å². The molecule has 0 aromatic heterocycles. The van der Waals surface area contributed by atoms with Crippen LogP contribution in [0.2, 0.25) is 0 Å². The highest BCUT2D eigenvalue weighted by atomic mass is 16.5. The quantitative estimate of drug-likeness (QED) is 0.728. The van der Waals surface area contributed by atoms with Crippen LogP contribution in [-0.4, -0.2) is 83.9 Å². The summed E-state index contributed by atoms with van der Waals surface area (Å²) in [6.45, 7) is 7.65. The van der Waals surface area contributed by atoms with Gasteiger partial charge in [-0.15, -0.1) is 0 Å². The predicted octanol–water partition coefficient (Wildman–Crippen LogP) is 1.65. The molecule has 3 rings (SSSR count). The van der Waals surface area contributed by atoms with Gasteiger partial charge < -0.3 is 19.4 Å². The van der Waals surface area contributed by atoms with Gasteiger partial charge in [-0.2, -0.15) is 0 Å². The van der Waals surface area contributed by atoms with Crippen LogP contribution in [0.15, 0.2) is 0 Å². The molecule has 3 aliphatic heterocycles. The summed E-state index contributed by atoms with van der Waals surface area (Å²) in [5.41, 5.74) is 0. The lowest BCUT2D eigenvalue weighted by molar-refractivity contribution is -0.143. The van der Waals surface area contributed by atoms with E-state index in [0.717, 1.165) is 58.2 Å². The minimum atomic E-state index is 0.114. The fourth-order valence-electron chi connectivity index (χ4n) is 5.01. The smallest absolute Gasteiger partial charge is 0.222 e. The lowest BCUT2D eigenvalue weighted by Crippen LogP contribution is -2.55.